The van der Waals surface area contributed by atoms with Crippen molar-refractivity contribution in [1.82, 2.24) is 0 Å². The van der Waals surface area contributed by atoms with Gasteiger partial charge in [-0.25, -0.2) is 0 Å². The number of hydrogen-bond donors (Lipinski definition) is 1. The molecule has 1 unspecified atom stereocenters. The molecule has 0 aromatic heterocycles. The highest BCUT2D eigenvalue weighted by atomic mass is 19.4. The molecule has 1 rings (SSSR count). The second-order valence-electron chi connectivity index (χ2n) is 2.86. The lowest BCUT2D eigenvalue weighted by Gasteiger charge is -2.17. The Labute approximate surface area is 87.3 Å². The van der Waals surface area contributed by atoms with Crippen LogP contribution < -0.4 is 4.74 Å². The van der Waals surface area contributed by atoms with Crippen LogP contribution in [0.5, 0.6) is 5.75 Å². The van der Waals surface area contributed by atoms with Crippen LogP contribution in [0.2, 0.25) is 0 Å². The minimum absolute atomic E-state index is 0.692. The molecule has 1 atom stereocenters. The smallest absolute Gasteiger partial charge is 0.418 e. The molecule has 7 heteroatoms. The third-order valence-electron chi connectivity index (χ3n) is 1.74. The molecule has 16 heavy (non-hydrogen) atoms. The first kappa shape index (κ1) is 12.7. The minimum Gasteiger partial charge on any atom is -0.434 e. The molecule has 0 aliphatic heterocycles. The summed E-state index contributed by atoms with van der Waals surface area (Å²) in [5, 5.41) is 8.90. The van der Waals surface area contributed by atoms with Gasteiger partial charge >= 0.3 is 12.8 Å². The molecule has 90 valence electrons. The Morgan fingerprint density at radius 1 is 1.12 bits per heavy atom. The van der Waals surface area contributed by atoms with Crippen LogP contribution >= 0.6 is 0 Å². The van der Waals surface area contributed by atoms with Crippen molar-refractivity contribution in [3.05, 3.63) is 29.8 Å². The van der Waals surface area contributed by atoms with Crippen LogP contribution in [0.15, 0.2) is 24.3 Å². The van der Waals surface area contributed by atoms with E-state index in [4.69, 9.17) is 5.11 Å². The predicted molar refractivity (Wildman–Crippen MR) is 44.1 cm³/mol. The minimum atomic E-state index is -4.93. The molecular formula is C9H7F5O2. The summed E-state index contributed by atoms with van der Waals surface area (Å²) in [4.78, 5) is 0. The van der Waals surface area contributed by atoms with Gasteiger partial charge in [0.05, 0.1) is 0 Å². The summed E-state index contributed by atoms with van der Waals surface area (Å²) in [6.07, 6.45) is -7.77. The van der Waals surface area contributed by atoms with Crippen molar-refractivity contribution in [3.8, 4) is 5.75 Å². The van der Waals surface area contributed by atoms with Gasteiger partial charge in [-0.3, -0.25) is 0 Å². The summed E-state index contributed by atoms with van der Waals surface area (Å²) < 4.78 is 64.1. The van der Waals surface area contributed by atoms with Gasteiger partial charge in [-0.15, -0.1) is 0 Å². The molecule has 0 bridgehead atoms. The van der Waals surface area contributed by atoms with Crippen molar-refractivity contribution < 1.29 is 31.8 Å². The third kappa shape index (κ3) is 3.06. The Balaban J connectivity index is 3.03. The lowest BCUT2D eigenvalue weighted by molar-refractivity contribution is -0.207. The molecule has 0 spiro atoms. The van der Waals surface area contributed by atoms with E-state index in [2.05, 4.69) is 4.74 Å². The summed E-state index contributed by atoms with van der Waals surface area (Å²) in [5.74, 6) is -0.692. The van der Waals surface area contributed by atoms with Gasteiger partial charge in [0.1, 0.15) is 5.75 Å². The monoisotopic (exact) mass is 242 g/mol. The predicted octanol–water partition coefficient (Wildman–Crippen LogP) is 2.88. The first-order chi connectivity index (χ1) is 7.32. The lowest BCUT2D eigenvalue weighted by Crippen LogP contribution is -2.21. The molecule has 0 heterocycles. The van der Waals surface area contributed by atoms with Crippen molar-refractivity contribution >= 4 is 0 Å². The Hall–Kier alpha value is -1.37. The Morgan fingerprint density at radius 2 is 1.69 bits per heavy atom. The Morgan fingerprint density at radius 3 is 2.19 bits per heavy atom. The van der Waals surface area contributed by atoms with Gasteiger partial charge in [-0.05, 0) is 6.07 Å². The van der Waals surface area contributed by atoms with E-state index in [1.807, 2.05) is 0 Å². The number of para-hydroxylation sites is 1. The number of aliphatic hydroxyl groups is 1. The van der Waals surface area contributed by atoms with E-state index in [-0.39, 0.29) is 0 Å². The average molecular weight is 242 g/mol. The second-order valence-corrected chi connectivity index (χ2v) is 2.86. The van der Waals surface area contributed by atoms with Gasteiger partial charge in [-0.1, -0.05) is 18.2 Å². The highest BCUT2D eigenvalue weighted by molar-refractivity contribution is 5.35. The van der Waals surface area contributed by atoms with Gasteiger partial charge in [0.2, 0.25) is 0 Å². The van der Waals surface area contributed by atoms with Crippen molar-refractivity contribution in [2.24, 2.45) is 0 Å². The number of ether oxygens (including phenoxy) is 1. The van der Waals surface area contributed by atoms with Crippen LogP contribution in [0, 0.1) is 0 Å². The van der Waals surface area contributed by atoms with Crippen molar-refractivity contribution in [2.45, 2.75) is 18.9 Å². The summed E-state index contributed by atoms with van der Waals surface area (Å²) >= 11 is 0. The van der Waals surface area contributed by atoms with Crippen LogP contribution in [0.4, 0.5) is 22.0 Å². The van der Waals surface area contributed by atoms with E-state index < -0.39 is 30.2 Å². The summed E-state index contributed by atoms with van der Waals surface area (Å²) in [6.45, 7) is -3.25. The molecule has 0 aliphatic carbocycles. The number of benzene rings is 1. The number of aliphatic hydroxyl groups excluding tert-OH is 1. The fourth-order valence-corrected chi connectivity index (χ4v) is 1.09. The first-order valence-corrected chi connectivity index (χ1v) is 4.11. The molecule has 1 N–H and O–H groups in total. The summed E-state index contributed by atoms with van der Waals surface area (Å²) in [5.41, 5.74) is -0.740. The Kier molecular flexibility index (Phi) is 3.69. The Bertz CT molecular complexity index is 350. The van der Waals surface area contributed by atoms with Crippen LogP contribution in [-0.4, -0.2) is 17.9 Å². The third-order valence-corrected chi connectivity index (χ3v) is 1.74. The molecule has 0 amide bonds. The quantitative estimate of drug-likeness (QED) is 0.826. The van der Waals surface area contributed by atoms with Crippen LogP contribution in [0.1, 0.15) is 11.7 Å². The SMILES string of the molecule is OC(c1ccccc1OC(F)F)C(F)(F)F. The average Bonchev–Trinajstić information content (AvgIpc) is 2.15. The first-order valence-electron chi connectivity index (χ1n) is 4.11. The molecule has 1 aromatic rings. The summed E-state index contributed by atoms with van der Waals surface area (Å²) in [6, 6.07) is 4.21. The molecule has 0 radical (unpaired) electrons. The number of hydrogen-bond acceptors (Lipinski definition) is 2. The number of halogens is 5. The zero-order valence-electron chi connectivity index (χ0n) is 7.71. The van der Waals surface area contributed by atoms with E-state index in [0.717, 1.165) is 12.1 Å². The molecule has 0 aliphatic rings. The molecule has 0 saturated carbocycles. The molecule has 0 fully saturated rings. The van der Waals surface area contributed by atoms with Gasteiger partial charge in [-0.2, -0.15) is 22.0 Å². The van der Waals surface area contributed by atoms with Gasteiger partial charge in [0.25, 0.3) is 0 Å². The van der Waals surface area contributed by atoms with E-state index in [1.165, 1.54) is 12.1 Å². The van der Waals surface area contributed by atoms with E-state index >= 15 is 0 Å². The normalized spacial score (nSPS) is 13.9. The highest BCUT2D eigenvalue weighted by Crippen LogP contribution is 2.37. The molecule has 2 nitrogen and oxygen atoms in total. The van der Waals surface area contributed by atoms with E-state index in [0.29, 0.717) is 0 Å². The fourth-order valence-electron chi connectivity index (χ4n) is 1.09. The molecule has 1 aromatic carbocycles. The van der Waals surface area contributed by atoms with Crippen LogP contribution in [-0.2, 0) is 0 Å². The largest absolute Gasteiger partial charge is 0.434 e. The number of rotatable bonds is 3. The van der Waals surface area contributed by atoms with E-state index in [9.17, 15) is 22.0 Å². The van der Waals surface area contributed by atoms with Gasteiger partial charge in [0.15, 0.2) is 6.10 Å². The van der Waals surface area contributed by atoms with Crippen molar-refractivity contribution in [1.29, 1.82) is 0 Å². The molecule has 0 saturated heterocycles. The lowest BCUT2D eigenvalue weighted by atomic mass is 10.1. The fraction of sp³-hybridized carbons (Fsp3) is 0.333. The molecular weight excluding hydrogens is 235 g/mol. The maximum absolute atomic E-state index is 12.2. The van der Waals surface area contributed by atoms with Crippen LogP contribution in [0.25, 0.3) is 0 Å². The standard InChI is InChI=1S/C9H7F5O2/c10-8(11)16-6-4-2-1-3-5(6)7(15)9(12,13)14/h1-4,7-8,15H. The van der Waals surface area contributed by atoms with Crippen molar-refractivity contribution in [3.63, 3.8) is 0 Å². The second kappa shape index (κ2) is 4.65. The zero-order chi connectivity index (χ0) is 12.3. The van der Waals surface area contributed by atoms with Crippen LogP contribution in [0.3, 0.4) is 0 Å². The van der Waals surface area contributed by atoms with Gasteiger partial charge in [0, 0.05) is 5.56 Å². The van der Waals surface area contributed by atoms with E-state index in [1.54, 1.807) is 0 Å². The topological polar surface area (TPSA) is 29.5 Å². The maximum Gasteiger partial charge on any atom is 0.418 e. The summed E-state index contributed by atoms with van der Waals surface area (Å²) in [7, 11) is 0. The van der Waals surface area contributed by atoms with Gasteiger partial charge < -0.3 is 9.84 Å². The number of alkyl halides is 5. The highest BCUT2D eigenvalue weighted by Gasteiger charge is 2.41. The maximum atomic E-state index is 12.2. The van der Waals surface area contributed by atoms with Crippen molar-refractivity contribution in [2.75, 3.05) is 0 Å². The zero-order valence-corrected chi connectivity index (χ0v) is 7.71.